The summed E-state index contributed by atoms with van der Waals surface area (Å²) in [6.07, 6.45) is 5.21. The van der Waals surface area contributed by atoms with E-state index in [0.29, 0.717) is 4.38 Å². The van der Waals surface area contributed by atoms with Gasteiger partial charge in [-0.05, 0) is 30.6 Å². The van der Waals surface area contributed by atoms with Crippen molar-refractivity contribution in [1.29, 1.82) is 0 Å². The second-order valence-electron chi connectivity index (χ2n) is 1.74. The zero-order chi connectivity index (χ0) is 8.10. The molecule has 0 aliphatic rings. The van der Waals surface area contributed by atoms with Crippen LogP contribution in [0.1, 0.15) is 0 Å². The third kappa shape index (κ3) is 2.86. The normalized spacial score (nSPS) is 9.18. The van der Waals surface area contributed by atoms with Gasteiger partial charge < -0.3 is 4.74 Å². The van der Waals surface area contributed by atoms with Crippen molar-refractivity contribution in [3.8, 4) is 5.75 Å². The first kappa shape index (κ1) is 8.49. The van der Waals surface area contributed by atoms with Crippen LogP contribution in [-0.4, -0.2) is 15.6 Å². The number of hydrogen-bond donors (Lipinski definition) is 0. The van der Waals surface area contributed by atoms with E-state index in [4.69, 9.17) is 17.0 Å². The summed E-state index contributed by atoms with van der Waals surface area (Å²) in [5, 5.41) is 0. The molecular weight excluding hydrogens is 178 g/mol. The van der Waals surface area contributed by atoms with E-state index in [-0.39, 0.29) is 0 Å². The standard InChI is InChI=1S/C7H7NOS2/c1-11-7(10)9-6-2-4-8-5-3-6/h2-5H,1H3. The van der Waals surface area contributed by atoms with Crippen LogP contribution in [0.3, 0.4) is 0 Å². The smallest absolute Gasteiger partial charge is 0.225 e. The van der Waals surface area contributed by atoms with Crippen LogP contribution in [0.2, 0.25) is 0 Å². The van der Waals surface area contributed by atoms with Crippen LogP contribution < -0.4 is 4.74 Å². The summed E-state index contributed by atoms with van der Waals surface area (Å²) in [6.45, 7) is 0. The highest BCUT2D eigenvalue weighted by molar-refractivity contribution is 8.22. The van der Waals surface area contributed by atoms with E-state index in [9.17, 15) is 0 Å². The Balaban J connectivity index is 2.58. The van der Waals surface area contributed by atoms with Crippen LogP contribution in [0.15, 0.2) is 24.5 Å². The minimum absolute atomic E-state index is 0.524. The van der Waals surface area contributed by atoms with Crippen molar-refractivity contribution in [2.45, 2.75) is 0 Å². The minimum atomic E-state index is 0.524. The molecule has 0 radical (unpaired) electrons. The SMILES string of the molecule is CSC(=S)Oc1ccncc1. The zero-order valence-corrected chi connectivity index (χ0v) is 7.61. The third-order valence-corrected chi connectivity index (χ3v) is 2.02. The van der Waals surface area contributed by atoms with Gasteiger partial charge in [-0.3, -0.25) is 4.98 Å². The molecule has 1 aromatic heterocycles. The van der Waals surface area contributed by atoms with Gasteiger partial charge in [0.1, 0.15) is 5.75 Å². The van der Waals surface area contributed by atoms with E-state index >= 15 is 0 Å². The zero-order valence-electron chi connectivity index (χ0n) is 5.98. The van der Waals surface area contributed by atoms with Gasteiger partial charge in [0.2, 0.25) is 4.38 Å². The van der Waals surface area contributed by atoms with E-state index in [2.05, 4.69) is 4.98 Å². The Bertz CT molecular complexity index is 237. The predicted molar refractivity (Wildman–Crippen MR) is 51.0 cm³/mol. The lowest BCUT2D eigenvalue weighted by Crippen LogP contribution is -1.98. The molecule has 4 heteroatoms. The van der Waals surface area contributed by atoms with Crippen molar-refractivity contribution in [2.24, 2.45) is 0 Å². The molecule has 0 atom stereocenters. The van der Waals surface area contributed by atoms with Gasteiger partial charge >= 0.3 is 0 Å². The Hall–Kier alpha value is -0.610. The van der Waals surface area contributed by atoms with Gasteiger partial charge in [-0.2, -0.15) is 0 Å². The second-order valence-corrected chi connectivity index (χ2v) is 3.15. The van der Waals surface area contributed by atoms with E-state index in [1.165, 1.54) is 11.8 Å². The lowest BCUT2D eigenvalue weighted by molar-refractivity contribution is 0.578. The molecule has 1 aromatic rings. The van der Waals surface area contributed by atoms with Crippen molar-refractivity contribution in [1.82, 2.24) is 4.98 Å². The van der Waals surface area contributed by atoms with Crippen LogP contribution in [-0.2, 0) is 0 Å². The number of ether oxygens (including phenoxy) is 1. The number of thiocarbonyl (C=S) groups is 1. The molecule has 0 saturated carbocycles. The quantitative estimate of drug-likeness (QED) is 0.625. The van der Waals surface area contributed by atoms with Crippen LogP contribution in [0, 0.1) is 0 Å². The topological polar surface area (TPSA) is 22.1 Å². The highest BCUT2D eigenvalue weighted by Crippen LogP contribution is 2.10. The average Bonchev–Trinajstić information content (AvgIpc) is 2.06. The molecule has 0 amide bonds. The third-order valence-electron chi connectivity index (χ3n) is 1.02. The van der Waals surface area contributed by atoms with Crippen LogP contribution in [0.25, 0.3) is 0 Å². The Morgan fingerprint density at radius 1 is 1.55 bits per heavy atom. The Kier molecular flexibility index (Phi) is 3.32. The van der Waals surface area contributed by atoms with E-state index in [0.717, 1.165) is 5.75 Å². The summed E-state index contributed by atoms with van der Waals surface area (Å²) in [7, 11) is 0. The number of pyridine rings is 1. The molecule has 0 bridgehead atoms. The predicted octanol–water partition coefficient (Wildman–Crippen LogP) is 2.11. The van der Waals surface area contributed by atoms with E-state index in [1.54, 1.807) is 24.5 Å². The first-order valence-corrected chi connectivity index (χ1v) is 4.62. The van der Waals surface area contributed by atoms with Gasteiger partial charge in [-0.25, -0.2) is 0 Å². The largest absolute Gasteiger partial charge is 0.440 e. The molecular formula is C7H7NOS2. The lowest BCUT2D eigenvalue weighted by Gasteiger charge is -2.01. The van der Waals surface area contributed by atoms with E-state index < -0.39 is 0 Å². The number of aromatic nitrogens is 1. The van der Waals surface area contributed by atoms with Gasteiger partial charge in [-0.1, -0.05) is 11.8 Å². The van der Waals surface area contributed by atoms with Crippen molar-refractivity contribution in [3.05, 3.63) is 24.5 Å². The highest BCUT2D eigenvalue weighted by Gasteiger charge is 1.95. The van der Waals surface area contributed by atoms with Gasteiger partial charge in [-0.15, -0.1) is 0 Å². The van der Waals surface area contributed by atoms with Crippen molar-refractivity contribution in [2.75, 3.05) is 6.26 Å². The fraction of sp³-hybridized carbons (Fsp3) is 0.143. The molecule has 58 valence electrons. The second kappa shape index (κ2) is 4.31. The first-order valence-electron chi connectivity index (χ1n) is 2.99. The molecule has 0 aliphatic heterocycles. The number of rotatable bonds is 1. The Morgan fingerprint density at radius 2 is 2.18 bits per heavy atom. The molecule has 0 N–H and O–H groups in total. The summed E-state index contributed by atoms with van der Waals surface area (Å²) < 4.78 is 5.74. The fourth-order valence-electron chi connectivity index (χ4n) is 0.544. The summed E-state index contributed by atoms with van der Waals surface area (Å²) in [5.41, 5.74) is 0. The van der Waals surface area contributed by atoms with Crippen molar-refractivity contribution in [3.63, 3.8) is 0 Å². The fourth-order valence-corrected chi connectivity index (χ4v) is 0.820. The summed E-state index contributed by atoms with van der Waals surface area (Å²) in [4.78, 5) is 3.85. The molecule has 0 saturated heterocycles. The molecule has 1 rings (SSSR count). The van der Waals surface area contributed by atoms with Crippen molar-refractivity contribution >= 4 is 28.4 Å². The Morgan fingerprint density at radius 3 is 2.73 bits per heavy atom. The van der Waals surface area contributed by atoms with Gasteiger partial charge in [0.25, 0.3) is 0 Å². The minimum Gasteiger partial charge on any atom is -0.440 e. The lowest BCUT2D eigenvalue weighted by atomic mass is 10.5. The first-order chi connectivity index (χ1) is 5.33. The number of hydrogen-bond acceptors (Lipinski definition) is 4. The highest BCUT2D eigenvalue weighted by atomic mass is 32.2. The molecule has 0 unspecified atom stereocenters. The summed E-state index contributed by atoms with van der Waals surface area (Å²) in [6, 6.07) is 3.53. The molecule has 11 heavy (non-hydrogen) atoms. The molecule has 0 fully saturated rings. The maximum absolute atomic E-state index is 5.22. The van der Waals surface area contributed by atoms with Crippen molar-refractivity contribution < 1.29 is 4.74 Å². The van der Waals surface area contributed by atoms with Crippen LogP contribution >= 0.6 is 24.0 Å². The number of nitrogens with zero attached hydrogens (tertiary/aromatic N) is 1. The Labute approximate surface area is 75.0 Å². The monoisotopic (exact) mass is 185 g/mol. The molecule has 2 nitrogen and oxygen atoms in total. The molecule has 0 spiro atoms. The van der Waals surface area contributed by atoms with Gasteiger partial charge in [0, 0.05) is 12.4 Å². The van der Waals surface area contributed by atoms with Crippen LogP contribution in [0.4, 0.5) is 0 Å². The maximum atomic E-state index is 5.22. The van der Waals surface area contributed by atoms with E-state index in [1.807, 2.05) is 6.26 Å². The summed E-state index contributed by atoms with van der Waals surface area (Å²) in [5.74, 6) is 0.736. The van der Waals surface area contributed by atoms with Crippen LogP contribution in [0.5, 0.6) is 5.75 Å². The average molecular weight is 185 g/mol. The molecule has 0 aromatic carbocycles. The van der Waals surface area contributed by atoms with Gasteiger partial charge in [0.05, 0.1) is 0 Å². The summed E-state index contributed by atoms with van der Waals surface area (Å²) >= 11 is 6.27. The van der Waals surface area contributed by atoms with Gasteiger partial charge in [0.15, 0.2) is 0 Å². The molecule has 1 heterocycles. The molecule has 0 aliphatic carbocycles. The maximum Gasteiger partial charge on any atom is 0.225 e. The number of thioether (sulfide) groups is 1.